The lowest BCUT2D eigenvalue weighted by Crippen LogP contribution is -2.46. The molecular weight excluding hydrogens is 486 g/mol. The fourth-order valence-electron chi connectivity index (χ4n) is 7.37. The summed E-state index contributed by atoms with van der Waals surface area (Å²) < 4.78 is 0. The molecule has 2 aromatic carbocycles. The van der Waals surface area contributed by atoms with Gasteiger partial charge in [-0.1, -0.05) is 67.8 Å². The molecule has 3 fully saturated rings. The van der Waals surface area contributed by atoms with E-state index in [2.05, 4.69) is 45.4 Å². The molecule has 2 aliphatic heterocycles. The maximum atomic E-state index is 12.5. The topological polar surface area (TPSA) is 72.9 Å². The standard InChI is InChI=1S/C33H45N3O3/c37-32(28-14-8-3-9-15-28)34-19-16-25-17-20-35(21-18-25)22-29-23-36(24-30(29)26-10-4-1-5-11-26)31(33(38)39)27-12-6-2-7-13-27/h1,3-5,8-11,14-15,25,27,29-31H,2,6-7,12-13,16-24H2,(H,34,37)(H,38,39)/t29-,30+,31+/m0/s1. The van der Waals surface area contributed by atoms with Crippen LogP contribution in [0.5, 0.6) is 0 Å². The quantitative estimate of drug-likeness (QED) is 0.437. The van der Waals surface area contributed by atoms with Crippen LogP contribution >= 0.6 is 0 Å². The zero-order valence-corrected chi connectivity index (χ0v) is 23.2. The molecule has 1 aliphatic carbocycles. The van der Waals surface area contributed by atoms with Crippen LogP contribution in [0.3, 0.4) is 0 Å². The maximum absolute atomic E-state index is 12.5. The number of rotatable bonds is 10. The van der Waals surface area contributed by atoms with E-state index in [4.69, 9.17) is 0 Å². The molecular formula is C33H45N3O3. The number of carbonyl (C=O) groups excluding carboxylic acids is 1. The van der Waals surface area contributed by atoms with Gasteiger partial charge >= 0.3 is 5.97 Å². The Hall–Kier alpha value is -2.70. The van der Waals surface area contributed by atoms with Gasteiger partial charge in [-0.3, -0.25) is 14.5 Å². The SMILES string of the molecule is O=C(NCCC1CCN(C[C@H]2CN([C@@H](C(=O)O)C3CCCCC3)C[C@@H]2c2ccccc2)CC1)c1ccccc1. The molecule has 1 amide bonds. The van der Waals surface area contributed by atoms with Gasteiger partial charge in [0.2, 0.25) is 0 Å². The Morgan fingerprint density at radius 2 is 1.54 bits per heavy atom. The number of hydrogen-bond donors (Lipinski definition) is 2. The van der Waals surface area contributed by atoms with Gasteiger partial charge in [-0.05, 0) is 80.6 Å². The van der Waals surface area contributed by atoms with Crippen molar-refractivity contribution < 1.29 is 14.7 Å². The van der Waals surface area contributed by atoms with Crippen LogP contribution in [0.1, 0.15) is 73.2 Å². The monoisotopic (exact) mass is 531 g/mol. The first-order valence-electron chi connectivity index (χ1n) is 15.2. The molecule has 2 aromatic rings. The van der Waals surface area contributed by atoms with Crippen molar-refractivity contribution in [2.75, 3.05) is 39.3 Å². The second-order valence-electron chi connectivity index (χ2n) is 12.1. The van der Waals surface area contributed by atoms with Crippen LogP contribution in [0.25, 0.3) is 0 Å². The lowest BCUT2D eigenvalue weighted by molar-refractivity contribution is -0.145. The molecule has 0 radical (unpaired) electrons. The zero-order valence-electron chi connectivity index (χ0n) is 23.2. The van der Waals surface area contributed by atoms with Gasteiger partial charge in [-0.25, -0.2) is 0 Å². The van der Waals surface area contributed by atoms with Gasteiger partial charge in [0, 0.05) is 37.7 Å². The highest BCUT2D eigenvalue weighted by atomic mass is 16.4. The van der Waals surface area contributed by atoms with Crippen molar-refractivity contribution in [2.45, 2.75) is 63.3 Å². The predicted molar refractivity (Wildman–Crippen MR) is 155 cm³/mol. The largest absolute Gasteiger partial charge is 0.480 e. The first kappa shape index (κ1) is 27.9. The number of benzene rings is 2. The van der Waals surface area contributed by atoms with Crippen molar-refractivity contribution in [1.82, 2.24) is 15.1 Å². The summed E-state index contributed by atoms with van der Waals surface area (Å²) in [6, 6.07) is 19.8. The van der Waals surface area contributed by atoms with E-state index in [1.807, 2.05) is 30.3 Å². The van der Waals surface area contributed by atoms with Crippen molar-refractivity contribution in [2.24, 2.45) is 17.8 Å². The van der Waals surface area contributed by atoms with Crippen LogP contribution in [0.15, 0.2) is 60.7 Å². The van der Waals surface area contributed by atoms with Gasteiger partial charge in [0.25, 0.3) is 5.91 Å². The lowest BCUT2D eigenvalue weighted by Gasteiger charge is -2.35. The normalized spacial score (nSPS) is 24.4. The van der Waals surface area contributed by atoms with E-state index in [9.17, 15) is 14.7 Å². The Morgan fingerprint density at radius 3 is 2.21 bits per heavy atom. The van der Waals surface area contributed by atoms with Gasteiger partial charge in [0.15, 0.2) is 0 Å². The number of nitrogens with zero attached hydrogens (tertiary/aromatic N) is 2. The Kier molecular flexibility index (Phi) is 9.70. The molecule has 6 nitrogen and oxygen atoms in total. The highest BCUT2D eigenvalue weighted by molar-refractivity contribution is 5.94. The Balaban J connectivity index is 1.15. The molecule has 1 saturated carbocycles. The number of aliphatic carboxylic acids is 1. The lowest BCUT2D eigenvalue weighted by atomic mass is 9.83. The summed E-state index contributed by atoms with van der Waals surface area (Å²) in [6.07, 6.45) is 9.02. The number of hydrogen-bond acceptors (Lipinski definition) is 4. The number of carbonyl (C=O) groups is 2. The van der Waals surface area contributed by atoms with E-state index in [0.717, 1.165) is 76.9 Å². The smallest absolute Gasteiger partial charge is 0.321 e. The molecule has 6 heteroatoms. The first-order valence-corrected chi connectivity index (χ1v) is 15.2. The van der Waals surface area contributed by atoms with Crippen molar-refractivity contribution in [3.05, 3.63) is 71.8 Å². The maximum Gasteiger partial charge on any atom is 0.321 e. The summed E-state index contributed by atoms with van der Waals surface area (Å²) in [5, 5.41) is 13.4. The van der Waals surface area contributed by atoms with Crippen LogP contribution in [0.4, 0.5) is 0 Å². The molecule has 0 unspecified atom stereocenters. The second kappa shape index (κ2) is 13.6. The minimum absolute atomic E-state index is 0.0127. The van der Waals surface area contributed by atoms with Gasteiger partial charge in [-0.15, -0.1) is 0 Å². The van der Waals surface area contributed by atoms with E-state index in [1.165, 1.54) is 24.8 Å². The van der Waals surface area contributed by atoms with Crippen molar-refractivity contribution in [3.8, 4) is 0 Å². The molecule has 5 rings (SSSR count). The fraction of sp³-hybridized carbons (Fsp3) is 0.576. The number of likely N-dealkylation sites (tertiary alicyclic amines) is 2. The van der Waals surface area contributed by atoms with E-state index >= 15 is 0 Å². The van der Waals surface area contributed by atoms with Crippen molar-refractivity contribution >= 4 is 11.9 Å². The second-order valence-corrected chi connectivity index (χ2v) is 12.1. The summed E-state index contributed by atoms with van der Waals surface area (Å²) in [4.78, 5) is 29.8. The van der Waals surface area contributed by atoms with E-state index in [0.29, 0.717) is 17.8 Å². The molecule has 2 heterocycles. The van der Waals surface area contributed by atoms with Crippen LogP contribution in [-0.4, -0.2) is 72.1 Å². The summed E-state index contributed by atoms with van der Waals surface area (Å²) in [6.45, 7) is 5.65. The molecule has 210 valence electrons. The third-order valence-corrected chi connectivity index (χ3v) is 9.51. The average molecular weight is 532 g/mol. The Morgan fingerprint density at radius 1 is 0.872 bits per heavy atom. The van der Waals surface area contributed by atoms with Gasteiger partial charge in [-0.2, -0.15) is 0 Å². The fourth-order valence-corrected chi connectivity index (χ4v) is 7.37. The summed E-state index contributed by atoms with van der Waals surface area (Å²) in [7, 11) is 0. The van der Waals surface area contributed by atoms with E-state index in [-0.39, 0.29) is 17.9 Å². The predicted octanol–water partition coefficient (Wildman–Crippen LogP) is 5.27. The highest BCUT2D eigenvalue weighted by Gasteiger charge is 2.43. The Labute approximate surface area is 233 Å². The number of carboxylic acids is 1. The summed E-state index contributed by atoms with van der Waals surface area (Å²) >= 11 is 0. The zero-order chi connectivity index (χ0) is 27.0. The molecule has 0 bridgehead atoms. The first-order chi connectivity index (χ1) is 19.1. The van der Waals surface area contributed by atoms with Gasteiger partial charge < -0.3 is 15.3 Å². The number of nitrogens with one attached hydrogen (secondary N) is 1. The van der Waals surface area contributed by atoms with Crippen LogP contribution < -0.4 is 5.32 Å². The summed E-state index contributed by atoms with van der Waals surface area (Å²) in [5.74, 6) is 1.13. The Bertz CT molecular complexity index is 1050. The van der Waals surface area contributed by atoms with E-state index < -0.39 is 5.97 Å². The molecule has 3 atom stereocenters. The van der Waals surface area contributed by atoms with Gasteiger partial charge in [0.05, 0.1) is 0 Å². The minimum atomic E-state index is -0.630. The third kappa shape index (κ3) is 7.29. The minimum Gasteiger partial charge on any atom is -0.480 e. The van der Waals surface area contributed by atoms with Crippen LogP contribution in [0, 0.1) is 17.8 Å². The van der Waals surface area contributed by atoms with Crippen LogP contribution in [-0.2, 0) is 4.79 Å². The van der Waals surface area contributed by atoms with Gasteiger partial charge in [0.1, 0.15) is 6.04 Å². The molecule has 2 saturated heterocycles. The molecule has 3 aliphatic rings. The molecule has 2 N–H and O–H groups in total. The molecule has 0 aromatic heterocycles. The van der Waals surface area contributed by atoms with Crippen molar-refractivity contribution in [3.63, 3.8) is 0 Å². The highest BCUT2D eigenvalue weighted by Crippen LogP contribution is 2.38. The molecule has 39 heavy (non-hydrogen) atoms. The third-order valence-electron chi connectivity index (χ3n) is 9.51. The average Bonchev–Trinajstić information content (AvgIpc) is 3.38. The number of amides is 1. The molecule has 0 spiro atoms. The number of piperidine rings is 1. The van der Waals surface area contributed by atoms with E-state index in [1.54, 1.807) is 0 Å². The number of carboxylic acid groups (broad SMARTS) is 1. The van der Waals surface area contributed by atoms with Crippen molar-refractivity contribution in [1.29, 1.82) is 0 Å². The van der Waals surface area contributed by atoms with Crippen LogP contribution in [0.2, 0.25) is 0 Å². The summed E-state index contributed by atoms with van der Waals surface area (Å²) in [5.41, 5.74) is 2.07.